The van der Waals surface area contributed by atoms with Crippen molar-refractivity contribution in [3.8, 4) is 0 Å². The van der Waals surface area contributed by atoms with Gasteiger partial charge >= 0.3 is 5.97 Å². The Labute approximate surface area is 126 Å². The molecule has 1 aliphatic rings. The molecule has 1 aliphatic heterocycles. The number of hydrogen-bond acceptors (Lipinski definition) is 5. The van der Waals surface area contributed by atoms with Gasteiger partial charge in [0.1, 0.15) is 0 Å². The molecular formula is C15H24N4O2. The predicted molar refractivity (Wildman–Crippen MR) is 81.5 cm³/mol. The second kappa shape index (κ2) is 7.49. The zero-order valence-corrected chi connectivity index (χ0v) is 12.8. The molecule has 0 aliphatic carbocycles. The van der Waals surface area contributed by atoms with Gasteiger partial charge in [0.25, 0.3) is 0 Å². The van der Waals surface area contributed by atoms with Crippen LogP contribution in [0.2, 0.25) is 0 Å². The molecule has 116 valence electrons. The molecular weight excluding hydrogens is 268 g/mol. The van der Waals surface area contributed by atoms with Crippen molar-refractivity contribution < 1.29 is 9.90 Å². The summed E-state index contributed by atoms with van der Waals surface area (Å²) in [4.78, 5) is 22.1. The molecule has 2 rings (SSSR count). The molecule has 0 aromatic carbocycles. The van der Waals surface area contributed by atoms with Crippen LogP contribution in [-0.4, -0.2) is 84.1 Å². The van der Waals surface area contributed by atoms with Gasteiger partial charge in [0.15, 0.2) is 5.69 Å². The Bertz CT molecular complexity index is 470. The Morgan fingerprint density at radius 2 is 1.95 bits per heavy atom. The first-order valence-corrected chi connectivity index (χ1v) is 7.33. The van der Waals surface area contributed by atoms with E-state index < -0.39 is 5.97 Å². The van der Waals surface area contributed by atoms with E-state index in [0.29, 0.717) is 6.54 Å². The van der Waals surface area contributed by atoms with Crippen molar-refractivity contribution >= 4 is 5.97 Å². The Balaban J connectivity index is 1.85. The first-order chi connectivity index (χ1) is 10.1. The summed E-state index contributed by atoms with van der Waals surface area (Å²) in [6, 6.07) is 3.66. The van der Waals surface area contributed by atoms with Crippen LogP contribution in [0.5, 0.6) is 0 Å². The fourth-order valence-corrected chi connectivity index (χ4v) is 2.51. The first kappa shape index (κ1) is 15.9. The fraction of sp³-hybridized carbons (Fsp3) is 0.600. The summed E-state index contributed by atoms with van der Waals surface area (Å²) in [5.41, 5.74) is 0.972. The highest BCUT2D eigenvalue weighted by molar-refractivity contribution is 5.86. The summed E-state index contributed by atoms with van der Waals surface area (Å²) >= 11 is 0. The number of carboxylic acids is 1. The number of rotatable bonds is 6. The van der Waals surface area contributed by atoms with E-state index in [1.165, 1.54) is 6.20 Å². The van der Waals surface area contributed by atoms with E-state index in [0.717, 1.165) is 44.8 Å². The second-order valence-electron chi connectivity index (χ2n) is 5.74. The molecule has 1 saturated heterocycles. The maximum Gasteiger partial charge on any atom is 0.354 e. The number of likely N-dealkylation sites (N-methyl/N-ethyl adjacent to an activating group) is 1. The first-order valence-electron chi connectivity index (χ1n) is 7.33. The number of aromatic nitrogens is 1. The van der Waals surface area contributed by atoms with Crippen molar-refractivity contribution in [1.29, 1.82) is 0 Å². The number of carboxylic acid groups (broad SMARTS) is 1. The lowest BCUT2D eigenvalue weighted by Gasteiger charge is -2.35. The summed E-state index contributed by atoms with van der Waals surface area (Å²) in [5, 5.41) is 9.17. The van der Waals surface area contributed by atoms with Gasteiger partial charge in [-0.05, 0) is 25.7 Å². The van der Waals surface area contributed by atoms with Gasteiger partial charge in [-0.1, -0.05) is 6.07 Å². The van der Waals surface area contributed by atoms with Crippen LogP contribution in [0.15, 0.2) is 18.3 Å². The molecule has 1 aromatic heterocycles. The zero-order chi connectivity index (χ0) is 15.2. The van der Waals surface area contributed by atoms with Crippen LogP contribution in [-0.2, 0) is 6.54 Å². The molecule has 21 heavy (non-hydrogen) atoms. The van der Waals surface area contributed by atoms with E-state index in [-0.39, 0.29) is 5.69 Å². The average Bonchev–Trinajstić information content (AvgIpc) is 2.47. The molecule has 1 aromatic rings. The van der Waals surface area contributed by atoms with Gasteiger partial charge < -0.3 is 10.0 Å². The Hall–Kier alpha value is -1.50. The summed E-state index contributed by atoms with van der Waals surface area (Å²) in [7, 11) is 4.18. The maximum atomic E-state index is 11.2. The monoisotopic (exact) mass is 292 g/mol. The van der Waals surface area contributed by atoms with Gasteiger partial charge in [-0.25, -0.2) is 9.78 Å². The number of pyridine rings is 1. The van der Waals surface area contributed by atoms with Crippen LogP contribution in [0.1, 0.15) is 16.1 Å². The van der Waals surface area contributed by atoms with Gasteiger partial charge in [-0.15, -0.1) is 0 Å². The second-order valence-corrected chi connectivity index (χ2v) is 5.74. The third kappa shape index (κ3) is 4.77. The van der Waals surface area contributed by atoms with E-state index >= 15 is 0 Å². The van der Waals surface area contributed by atoms with Gasteiger partial charge in [0.05, 0.1) is 0 Å². The normalized spacial score (nSPS) is 17.3. The van der Waals surface area contributed by atoms with Crippen molar-refractivity contribution in [3.63, 3.8) is 0 Å². The van der Waals surface area contributed by atoms with E-state index in [9.17, 15) is 4.79 Å². The highest BCUT2D eigenvalue weighted by Gasteiger charge is 2.19. The Morgan fingerprint density at radius 3 is 2.57 bits per heavy atom. The number of aromatic carboxylic acids is 1. The minimum atomic E-state index is -0.949. The lowest BCUT2D eigenvalue weighted by molar-refractivity contribution is 0.0686. The molecule has 0 radical (unpaired) electrons. The number of nitrogens with zero attached hydrogens (tertiary/aromatic N) is 4. The predicted octanol–water partition coefficient (Wildman–Crippen LogP) is 0.459. The van der Waals surface area contributed by atoms with Crippen LogP contribution in [0.3, 0.4) is 0 Å². The van der Waals surface area contributed by atoms with E-state index in [4.69, 9.17) is 5.11 Å². The highest BCUT2D eigenvalue weighted by Crippen LogP contribution is 2.11. The smallest absolute Gasteiger partial charge is 0.354 e. The van der Waals surface area contributed by atoms with Crippen LogP contribution in [0.4, 0.5) is 0 Å². The molecule has 1 N–H and O–H groups in total. The zero-order valence-electron chi connectivity index (χ0n) is 12.8. The van der Waals surface area contributed by atoms with Crippen molar-refractivity contribution in [2.45, 2.75) is 6.54 Å². The summed E-state index contributed by atoms with van der Waals surface area (Å²) in [6.07, 6.45) is 1.53. The molecule has 2 heterocycles. The minimum Gasteiger partial charge on any atom is -0.477 e. The summed E-state index contributed by atoms with van der Waals surface area (Å²) in [6.45, 7) is 6.85. The van der Waals surface area contributed by atoms with Crippen LogP contribution < -0.4 is 0 Å². The average molecular weight is 292 g/mol. The Morgan fingerprint density at radius 1 is 1.29 bits per heavy atom. The molecule has 0 spiro atoms. The quantitative estimate of drug-likeness (QED) is 0.822. The lowest BCUT2D eigenvalue weighted by Crippen LogP contribution is -2.47. The van der Waals surface area contributed by atoms with Gasteiger partial charge in [-0.2, -0.15) is 0 Å². The largest absolute Gasteiger partial charge is 0.477 e. The standard InChI is InChI=1S/C15H24N4O2/c1-17(2)6-7-18-8-10-19(11-9-18)12-13-4-3-5-16-14(13)15(20)21/h3-5H,6-12H2,1-2H3,(H,20,21). The topological polar surface area (TPSA) is 59.9 Å². The molecule has 0 bridgehead atoms. The molecule has 0 saturated carbocycles. The van der Waals surface area contributed by atoms with Gasteiger partial charge in [0.2, 0.25) is 0 Å². The number of piperazine rings is 1. The van der Waals surface area contributed by atoms with Crippen molar-refractivity contribution in [2.75, 3.05) is 53.4 Å². The van der Waals surface area contributed by atoms with Crippen LogP contribution in [0, 0.1) is 0 Å². The van der Waals surface area contributed by atoms with Gasteiger partial charge in [0, 0.05) is 52.0 Å². The van der Waals surface area contributed by atoms with Crippen LogP contribution in [0.25, 0.3) is 0 Å². The molecule has 0 atom stereocenters. The van der Waals surface area contributed by atoms with Gasteiger partial charge in [-0.3, -0.25) is 9.80 Å². The third-order valence-corrected chi connectivity index (χ3v) is 3.82. The molecule has 6 heteroatoms. The molecule has 6 nitrogen and oxygen atoms in total. The number of carbonyl (C=O) groups is 1. The van der Waals surface area contributed by atoms with E-state index in [2.05, 4.69) is 33.8 Å². The summed E-state index contributed by atoms with van der Waals surface area (Å²) in [5.74, 6) is -0.949. The fourth-order valence-electron chi connectivity index (χ4n) is 2.51. The third-order valence-electron chi connectivity index (χ3n) is 3.82. The molecule has 1 fully saturated rings. The van der Waals surface area contributed by atoms with E-state index in [1.54, 1.807) is 6.07 Å². The van der Waals surface area contributed by atoms with E-state index in [1.807, 2.05) is 6.07 Å². The minimum absolute atomic E-state index is 0.174. The molecule has 0 unspecified atom stereocenters. The number of hydrogen-bond donors (Lipinski definition) is 1. The molecule has 0 amide bonds. The lowest BCUT2D eigenvalue weighted by atomic mass is 10.1. The van der Waals surface area contributed by atoms with Crippen LogP contribution >= 0.6 is 0 Å². The maximum absolute atomic E-state index is 11.2. The van der Waals surface area contributed by atoms with Crippen molar-refractivity contribution in [3.05, 3.63) is 29.6 Å². The summed E-state index contributed by atoms with van der Waals surface area (Å²) < 4.78 is 0. The van der Waals surface area contributed by atoms with Crippen molar-refractivity contribution in [1.82, 2.24) is 19.7 Å². The Kier molecular flexibility index (Phi) is 5.67. The van der Waals surface area contributed by atoms with Crippen molar-refractivity contribution in [2.24, 2.45) is 0 Å². The SMILES string of the molecule is CN(C)CCN1CCN(Cc2cccnc2C(=O)O)CC1. The highest BCUT2D eigenvalue weighted by atomic mass is 16.4.